The van der Waals surface area contributed by atoms with Crippen molar-refractivity contribution in [2.75, 3.05) is 0 Å². The Morgan fingerprint density at radius 3 is 3.07 bits per heavy atom. The third-order valence-electron chi connectivity index (χ3n) is 2.10. The second-order valence-corrected chi connectivity index (χ2v) is 3.15. The molecule has 4 nitrogen and oxygen atoms in total. The Morgan fingerprint density at radius 1 is 1.64 bits per heavy atom. The summed E-state index contributed by atoms with van der Waals surface area (Å²) in [5, 5.41) is 13.3. The zero-order valence-electron chi connectivity index (χ0n) is 7.43. The van der Waals surface area contributed by atoms with E-state index in [9.17, 15) is 9.90 Å². The molecule has 0 fully saturated rings. The van der Waals surface area contributed by atoms with E-state index in [0.29, 0.717) is 12.1 Å². The summed E-state index contributed by atoms with van der Waals surface area (Å²) < 4.78 is 0. The van der Waals surface area contributed by atoms with Crippen LogP contribution in [0.15, 0.2) is 40.8 Å². The van der Waals surface area contributed by atoms with E-state index in [-0.39, 0.29) is 17.6 Å². The van der Waals surface area contributed by atoms with E-state index in [2.05, 4.69) is 10.3 Å². The van der Waals surface area contributed by atoms with Gasteiger partial charge in [-0.3, -0.25) is 4.79 Å². The van der Waals surface area contributed by atoms with Gasteiger partial charge in [-0.2, -0.15) is 0 Å². The lowest BCUT2D eigenvalue weighted by Crippen LogP contribution is -2.15. The number of nitrogens with one attached hydrogen (secondary N) is 1. The van der Waals surface area contributed by atoms with Crippen LogP contribution < -0.4 is 10.4 Å². The molecule has 1 aliphatic carbocycles. The van der Waals surface area contributed by atoms with Crippen LogP contribution in [0.1, 0.15) is 6.42 Å². The van der Waals surface area contributed by atoms with Gasteiger partial charge in [-0.25, -0.2) is 4.99 Å². The summed E-state index contributed by atoms with van der Waals surface area (Å²) >= 11 is 0. The minimum atomic E-state index is -0.185. The molecule has 72 valence electrons. The van der Waals surface area contributed by atoms with Gasteiger partial charge < -0.3 is 10.4 Å². The molecule has 1 atom stereocenters. The number of hydrogen-bond acceptors (Lipinski definition) is 3. The van der Waals surface area contributed by atoms with Crippen LogP contribution in [0.3, 0.4) is 0 Å². The second kappa shape index (κ2) is 3.49. The van der Waals surface area contributed by atoms with Crippen molar-refractivity contribution < 1.29 is 9.90 Å². The smallest absolute Gasteiger partial charge is 0.274 e. The number of carbonyl (C=O) groups excluding carboxylic acids is 1. The molecule has 2 aliphatic rings. The van der Waals surface area contributed by atoms with Gasteiger partial charge in [0.2, 0.25) is 0 Å². The Bertz CT molecular complexity index is 378. The molecule has 0 radical (unpaired) electrons. The maximum atomic E-state index is 11.1. The van der Waals surface area contributed by atoms with Crippen molar-refractivity contribution >= 4 is 12.2 Å². The Balaban J connectivity index is 2.09. The zero-order chi connectivity index (χ0) is 9.97. The number of hydrogen-bond donors (Lipinski definition) is 1. The van der Waals surface area contributed by atoms with Crippen molar-refractivity contribution in [1.82, 2.24) is 5.32 Å². The average molecular weight is 189 g/mol. The van der Waals surface area contributed by atoms with E-state index in [4.69, 9.17) is 0 Å². The van der Waals surface area contributed by atoms with Crippen molar-refractivity contribution in [1.29, 1.82) is 0 Å². The first-order valence-corrected chi connectivity index (χ1v) is 4.36. The van der Waals surface area contributed by atoms with Gasteiger partial charge in [-0.1, -0.05) is 18.2 Å². The predicted molar refractivity (Wildman–Crippen MR) is 50.0 cm³/mol. The first-order chi connectivity index (χ1) is 6.75. The fourth-order valence-electron chi connectivity index (χ4n) is 1.36. The van der Waals surface area contributed by atoms with Crippen LogP contribution in [0.5, 0.6) is 0 Å². The molecular formula is C10H9N2O2-. The van der Waals surface area contributed by atoms with E-state index < -0.39 is 0 Å². The second-order valence-electron chi connectivity index (χ2n) is 3.15. The van der Waals surface area contributed by atoms with Crippen LogP contribution in [0.25, 0.3) is 0 Å². The van der Waals surface area contributed by atoms with Gasteiger partial charge in [0.25, 0.3) is 5.91 Å². The van der Waals surface area contributed by atoms with Gasteiger partial charge in [-0.05, 0) is 12.5 Å². The number of allylic oxidation sites excluding steroid dienone is 4. The highest BCUT2D eigenvalue weighted by atomic mass is 16.3. The number of nitrogens with zero attached hydrogens (tertiary/aromatic N) is 1. The summed E-state index contributed by atoms with van der Waals surface area (Å²) in [6.07, 6.45) is 8.69. The number of carbonyl (C=O) groups is 1. The molecule has 1 heterocycles. The molecule has 1 aliphatic heterocycles. The highest BCUT2D eigenvalue weighted by Crippen LogP contribution is 2.17. The minimum absolute atomic E-state index is 0.0269. The standard InChI is InChI=1S/C10H10N2O2/c13-8-3-1-7(2-4-8)5-9-10(14)12-6-11-9/h1,3-7,13H,2H2,(H,11,12,14)/p-1/b9-5+. The fraction of sp³-hybridized carbons (Fsp3) is 0.200. The van der Waals surface area contributed by atoms with E-state index in [1.54, 1.807) is 18.2 Å². The monoisotopic (exact) mass is 189 g/mol. The van der Waals surface area contributed by atoms with Crippen LogP contribution in [-0.4, -0.2) is 12.2 Å². The molecule has 0 spiro atoms. The van der Waals surface area contributed by atoms with Crippen molar-refractivity contribution in [2.24, 2.45) is 10.9 Å². The molecule has 1 unspecified atom stereocenters. The molecule has 4 heteroatoms. The summed E-state index contributed by atoms with van der Waals surface area (Å²) in [5.74, 6) is -0.0574. The fourth-order valence-corrected chi connectivity index (χ4v) is 1.36. The van der Waals surface area contributed by atoms with Gasteiger partial charge in [0.15, 0.2) is 0 Å². The highest BCUT2D eigenvalue weighted by molar-refractivity contribution is 6.05. The molecule has 0 saturated carbocycles. The largest absolute Gasteiger partial charge is 0.873 e. The van der Waals surface area contributed by atoms with Crippen molar-refractivity contribution in [2.45, 2.75) is 6.42 Å². The van der Waals surface area contributed by atoms with Gasteiger partial charge in [-0.15, -0.1) is 5.76 Å². The summed E-state index contributed by atoms with van der Waals surface area (Å²) in [6, 6.07) is 0. The van der Waals surface area contributed by atoms with Gasteiger partial charge in [0.1, 0.15) is 5.70 Å². The molecule has 14 heavy (non-hydrogen) atoms. The summed E-state index contributed by atoms with van der Waals surface area (Å²) in [7, 11) is 0. The van der Waals surface area contributed by atoms with E-state index >= 15 is 0 Å². The Labute approximate surface area is 81.3 Å². The summed E-state index contributed by atoms with van der Waals surface area (Å²) in [5.41, 5.74) is 0.419. The van der Waals surface area contributed by atoms with Crippen molar-refractivity contribution in [3.63, 3.8) is 0 Å². The summed E-state index contributed by atoms with van der Waals surface area (Å²) in [4.78, 5) is 15.0. The normalized spacial score (nSPS) is 28.0. The molecule has 1 amide bonds. The molecule has 0 saturated heterocycles. The lowest BCUT2D eigenvalue weighted by Gasteiger charge is -2.15. The van der Waals surface area contributed by atoms with E-state index in [0.717, 1.165) is 0 Å². The van der Waals surface area contributed by atoms with E-state index in [1.807, 2.05) is 0 Å². The van der Waals surface area contributed by atoms with Gasteiger partial charge in [0, 0.05) is 5.92 Å². The maximum Gasteiger partial charge on any atom is 0.274 e. The van der Waals surface area contributed by atoms with Gasteiger partial charge in [0.05, 0.1) is 6.34 Å². The number of amides is 1. The highest BCUT2D eigenvalue weighted by Gasteiger charge is 2.14. The third kappa shape index (κ3) is 1.74. The topological polar surface area (TPSA) is 64.5 Å². The first-order valence-electron chi connectivity index (χ1n) is 4.36. The Kier molecular flexibility index (Phi) is 2.18. The van der Waals surface area contributed by atoms with Crippen LogP contribution in [0, 0.1) is 5.92 Å². The molecule has 1 N–H and O–H groups in total. The predicted octanol–water partition coefficient (Wildman–Crippen LogP) is -0.151. The summed E-state index contributed by atoms with van der Waals surface area (Å²) in [6.45, 7) is 0. The Hall–Kier alpha value is -1.84. The average Bonchev–Trinajstić information content (AvgIpc) is 2.56. The van der Waals surface area contributed by atoms with Crippen LogP contribution in [0.4, 0.5) is 0 Å². The Morgan fingerprint density at radius 2 is 2.50 bits per heavy atom. The number of rotatable bonds is 1. The van der Waals surface area contributed by atoms with E-state index in [1.165, 1.54) is 12.4 Å². The van der Waals surface area contributed by atoms with Crippen LogP contribution in [0.2, 0.25) is 0 Å². The molecule has 0 aromatic rings. The lowest BCUT2D eigenvalue weighted by molar-refractivity contribution is -0.295. The van der Waals surface area contributed by atoms with Crippen LogP contribution in [-0.2, 0) is 4.79 Å². The third-order valence-corrected chi connectivity index (χ3v) is 2.10. The maximum absolute atomic E-state index is 11.1. The molecule has 0 aromatic heterocycles. The minimum Gasteiger partial charge on any atom is -0.873 e. The number of aliphatic imine (C=N–C) groups is 1. The zero-order valence-corrected chi connectivity index (χ0v) is 7.43. The van der Waals surface area contributed by atoms with Crippen LogP contribution >= 0.6 is 0 Å². The molecular weight excluding hydrogens is 180 g/mol. The molecule has 2 rings (SSSR count). The lowest BCUT2D eigenvalue weighted by atomic mass is 9.99. The molecule has 0 aromatic carbocycles. The molecule has 0 bridgehead atoms. The quantitative estimate of drug-likeness (QED) is 0.583. The van der Waals surface area contributed by atoms with Gasteiger partial charge >= 0.3 is 0 Å². The van der Waals surface area contributed by atoms with Crippen molar-refractivity contribution in [3.05, 3.63) is 35.8 Å². The van der Waals surface area contributed by atoms with Crippen molar-refractivity contribution in [3.8, 4) is 0 Å². The first kappa shape index (κ1) is 8.74. The SMILES string of the molecule is O=C1NC=N/C1=C/C1C=CC([O-])=CC1.